The molecule has 0 unspecified atom stereocenters. The predicted molar refractivity (Wildman–Crippen MR) is 110 cm³/mol. The highest BCUT2D eigenvalue weighted by Crippen LogP contribution is 2.21. The molecular weight excluding hydrogens is 292 g/mol. The highest BCUT2D eigenvalue weighted by molar-refractivity contribution is 5.34. The molecular formula is C23H36O. The molecule has 2 aromatic rings. The highest BCUT2D eigenvalue weighted by atomic mass is 16.5. The summed E-state index contributed by atoms with van der Waals surface area (Å²) in [4.78, 5) is 0. The van der Waals surface area contributed by atoms with Crippen LogP contribution >= 0.6 is 0 Å². The fraction of sp³-hybridized carbons (Fsp3) is 0.391. The van der Waals surface area contributed by atoms with E-state index in [1.54, 1.807) is 0 Å². The van der Waals surface area contributed by atoms with Crippen LogP contribution in [0.15, 0.2) is 60.7 Å². The summed E-state index contributed by atoms with van der Waals surface area (Å²) in [6.45, 7) is 16.2. The molecule has 0 saturated heterocycles. The Hall–Kier alpha value is -2.02. The minimum absolute atomic E-state index is 0.884. The van der Waals surface area contributed by atoms with E-state index in [9.17, 15) is 0 Å². The lowest BCUT2D eigenvalue weighted by Crippen LogP contribution is -1.85. The van der Waals surface area contributed by atoms with Crippen molar-refractivity contribution >= 4 is 0 Å². The first-order valence-corrected chi connectivity index (χ1v) is 9.10. The minimum atomic E-state index is 0.884. The lowest BCUT2D eigenvalue weighted by Gasteiger charge is -2.06. The number of aryl methyl sites for hydroxylation is 2. The number of hydrogen-bond donors (Lipinski definition) is 0. The summed E-state index contributed by atoms with van der Waals surface area (Å²) < 4.78 is 5.73. The van der Waals surface area contributed by atoms with E-state index >= 15 is 0 Å². The largest absolute Gasteiger partial charge is 0.457 e. The summed E-state index contributed by atoms with van der Waals surface area (Å²) in [5.74, 6) is 1.77. The van der Waals surface area contributed by atoms with E-state index in [4.69, 9.17) is 4.74 Å². The van der Waals surface area contributed by atoms with Gasteiger partial charge >= 0.3 is 0 Å². The third-order valence-corrected chi connectivity index (χ3v) is 2.92. The van der Waals surface area contributed by atoms with Gasteiger partial charge in [0.25, 0.3) is 0 Å². The average molecular weight is 329 g/mol. The normalized spacial score (nSPS) is 8.83. The van der Waals surface area contributed by atoms with Crippen LogP contribution < -0.4 is 4.74 Å². The highest BCUT2D eigenvalue weighted by Gasteiger charge is 1.96. The molecule has 0 aliphatic rings. The number of allylic oxidation sites excluding steroid dienone is 2. The van der Waals surface area contributed by atoms with E-state index in [0.29, 0.717) is 0 Å². The van der Waals surface area contributed by atoms with Gasteiger partial charge in [-0.15, -0.1) is 0 Å². The summed E-state index contributed by atoms with van der Waals surface area (Å²) >= 11 is 0. The first-order chi connectivity index (χ1) is 11.7. The van der Waals surface area contributed by atoms with Crippen molar-refractivity contribution in [3.8, 4) is 11.5 Å². The van der Waals surface area contributed by atoms with Crippen molar-refractivity contribution in [1.82, 2.24) is 0 Å². The summed E-state index contributed by atoms with van der Waals surface area (Å²) in [5, 5.41) is 0. The van der Waals surface area contributed by atoms with E-state index in [2.05, 4.69) is 38.1 Å². The smallest absolute Gasteiger partial charge is 0.127 e. The second-order valence-electron chi connectivity index (χ2n) is 4.58. The van der Waals surface area contributed by atoms with Crippen molar-refractivity contribution in [3.05, 3.63) is 71.8 Å². The van der Waals surface area contributed by atoms with E-state index in [0.717, 1.165) is 17.9 Å². The Kier molecular flexibility index (Phi) is 17.5. The minimum Gasteiger partial charge on any atom is -0.457 e. The van der Waals surface area contributed by atoms with Crippen molar-refractivity contribution in [2.75, 3.05) is 0 Å². The van der Waals surface area contributed by atoms with Crippen molar-refractivity contribution in [3.63, 3.8) is 0 Å². The number of hydrogen-bond acceptors (Lipinski definition) is 1. The molecule has 0 fully saturated rings. The van der Waals surface area contributed by atoms with E-state index in [1.807, 2.05) is 78.0 Å². The van der Waals surface area contributed by atoms with Gasteiger partial charge in [-0.3, -0.25) is 0 Å². The molecule has 0 aliphatic heterocycles. The summed E-state index contributed by atoms with van der Waals surface area (Å²) in [6.07, 6.45) is 5.06. The first kappa shape index (κ1) is 24.2. The molecule has 0 aliphatic carbocycles. The standard InChI is InChI=1S/C15H16O.C4H8.2C2H6/c1-3-13-6-10-15(11-7-13)16-14-8-4-12(2)5-9-14;1-3-4-2;2*1-2/h4-11H,3H2,1-2H3;3-4H,1-2H3;2*1-2H3/b;4-3-;;. The van der Waals surface area contributed by atoms with Crippen LogP contribution in [-0.2, 0) is 6.42 Å². The Labute approximate surface area is 150 Å². The zero-order valence-electron chi connectivity index (χ0n) is 16.9. The van der Waals surface area contributed by atoms with Gasteiger partial charge in [-0.25, -0.2) is 0 Å². The van der Waals surface area contributed by atoms with Gasteiger partial charge in [0.2, 0.25) is 0 Å². The van der Waals surface area contributed by atoms with Crippen LogP contribution in [-0.4, -0.2) is 0 Å². The fourth-order valence-electron chi connectivity index (χ4n) is 1.54. The van der Waals surface area contributed by atoms with Gasteiger partial charge in [-0.05, 0) is 57.0 Å². The SMILES string of the molecule is C/C=C\C.CC.CC.CCc1ccc(Oc2ccc(C)cc2)cc1. The van der Waals surface area contributed by atoms with Gasteiger partial charge in [0, 0.05) is 0 Å². The van der Waals surface area contributed by atoms with E-state index in [1.165, 1.54) is 11.1 Å². The van der Waals surface area contributed by atoms with Crippen LogP contribution in [0.3, 0.4) is 0 Å². The molecule has 0 amide bonds. The van der Waals surface area contributed by atoms with Crippen molar-refractivity contribution in [2.24, 2.45) is 0 Å². The Balaban J connectivity index is 0. The molecule has 0 bridgehead atoms. The Morgan fingerprint density at radius 3 is 1.42 bits per heavy atom. The predicted octanol–water partition coefficient (Wildman–Crippen LogP) is 7.98. The molecule has 0 N–H and O–H groups in total. The van der Waals surface area contributed by atoms with Gasteiger partial charge in [0.05, 0.1) is 0 Å². The number of benzene rings is 2. The van der Waals surface area contributed by atoms with Crippen LogP contribution in [0.2, 0.25) is 0 Å². The zero-order valence-corrected chi connectivity index (χ0v) is 16.9. The van der Waals surface area contributed by atoms with Gasteiger partial charge in [-0.2, -0.15) is 0 Å². The average Bonchev–Trinajstić information content (AvgIpc) is 2.67. The third-order valence-electron chi connectivity index (χ3n) is 2.92. The number of ether oxygens (including phenoxy) is 1. The van der Waals surface area contributed by atoms with E-state index in [-0.39, 0.29) is 0 Å². The molecule has 1 heteroatoms. The summed E-state index contributed by atoms with van der Waals surface area (Å²) in [5.41, 5.74) is 2.57. The van der Waals surface area contributed by atoms with Crippen molar-refractivity contribution in [1.29, 1.82) is 0 Å². The molecule has 2 aromatic carbocycles. The quantitative estimate of drug-likeness (QED) is 0.519. The van der Waals surface area contributed by atoms with Crippen LogP contribution in [0.1, 0.15) is 59.6 Å². The lowest BCUT2D eigenvalue weighted by molar-refractivity contribution is 0.482. The first-order valence-electron chi connectivity index (χ1n) is 9.10. The second-order valence-corrected chi connectivity index (χ2v) is 4.58. The maximum atomic E-state index is 5.73. The number of rotatable bonds is 3. The molecule has 134 valence electrons. The zero-order chi connectivity index (χ0) is 18.8. The molecule has 0 aromatic heterocycles. The van der Waals surface area contributed by atoms with Gasteiger partial charge in [0.15, 0.2) is 0 Å². The van der Waals surface area contributed by atoms with Gasteiger partial charge in [-0.1, -0.05) is 76.6 Å². The molecule has 1 nitrogen and oxygen atoms in total. The van der Waals surface area contributed by atoms with Crippen LogP contribution in [0.4, 0.5) is 0 Å². The molecule has 0 radical (unpaired) electrons. The molecule has 2 rings (SSSR count). The molecule has 0 saturated carbocycles. The third kappa shape index (κ3) is 11.5. The Morgan fingerprint density at radius 2 is 1.08 bits per heavy atom. The van der Waals surface area contributed by atoms with Gasteiger partial charge in [0.1, 0.15) is 11.5 Å². The maximum Gasteiger partial charge on any atom is 0.127 e. The molecule has 0 heterocycles. The van der Waals surface area contributed by atoms with Crippen molar-refractivity contribution in [2.45, 2.75) is 61.8 Å². The molecule has 24 heavy (non-hydrogen) atoms. The van der Waals surface area contributed by atoms with Crippen LogP contribution in [0, 0.1) is 6.92 Å². The Bertz CT molecular complexity index is 503. The second kappa shape index (κ2) is 17.3. The van der Waals surface area contributed by atoms with Crippen molar-refractivity contribution < 1.29 is 4.74 Å². The summed E-state index contributed by atoms with van der Waals surface area (Å²) in [6, 6.07) is 16.3. The maximum absolute atomic E-state index is 5.73. The molecule has 0 atom stereocenters. The summed E-state index contributed by atoms with van der Waals surface area (Å²) in [7, 11) is 0. The molecule has 0 spiro atoms. The van der Waals surface area contributed by atoms with E-state index < -0.39 is 0 Å². The van der Waals surface area contributed by atoms with Gasteiger partial charge < -0.3 is 4.74 Å². The van der Waals surface area contributed by atoms with Crippen LogP contribution in [0.25, 0.3) is 0 Å². The van der Waals surface area contributed by atoms with Crippen LogP contribution in [0.5, 0.6) is 11.5 Å². The lowest BCUT2D eigenvalue weighted by atomic mass is 10.2. The Morgan fingerprint density at radius 1 is 0.708 bits per heavy atom. The monoisotopic (exact) mass is 328 g/mol. The topological polar surface area (TPSA) is 9.23 Å². The fourth-order valence-corrected chi connectivity index (χ4v) is 1.54.